The first kappa shape index (κ1) is 21.0. The van der Waals surface area contributed by atoms with Crippen molar-refractivity contribution >= 4 is 11.6 Å². The van der Waals surface area contributed by atoms with Crippen LogP contribution in [0.1, 0.15) is 30.6 Å². The number of ether oxygens (including phenoxy) is 2. The second kappa shape index (κ2) is 7.16. The maximum absolute atomic E-state index is 11.1. The number of hydrogen-bond donors (Lipinski definition) is 1. The van der Waals surface area contributed by atoms with Crippen molar-refractivity contribution in [2.75, 3.05) is 0 Å². The van der Waals surface area contributed by atoms with Crippen LogP contribution < -0.4 is 0 Å². The molecule has 2 aromatic carbocycles. The van der Waals surface area contributed by atoms with E-state index < -0.39 is 39.5 Å². The van der Waals surface area contributed by atoms with Gasteiger partial charge in [-0.25, -0.2) is 0 Å². The fourth-order valence-corrected chi connectivity index (χ4v) is 4.97. The summed E-state index contributed by atoms with van der Waals surface area (Å²) in [5.41, 5.74) is -3.36. The standard InChI is InChI=1S/C23H17N5O4/c1-2-18-22(14-26)20(27)32-23(18,16-6-4-3-5-7-16)31-19(21(22,12-24)13-25)15-8-10-17(11-9-15)28(29)30/h3-11,18-19,27H,2H2,1H3. The van der Waals surface area contributed by atoms with Gasteiger partial charge in [-0.2, -0.15) is 15.8 Å². The van der Waals surface area contributed by atoms with Gasteiger partial charge in [-0.05, 0) is 24.1 Å². The zero-order valence-electron chi connectivity index (χ0n) is 17.0. The first-order valence-corrected chi connectivity index (χ1v) is 9.86. The minimum Gasteiger partial charge on any atom is -0.443 e. The van der Waals surface area contributed by atoms with Gasteiger partial charge in [0.2, 0.25) is 17.1 Å². The van der Waals surface area contributed by atoms with Crippen LogP contribution in [0.4, 0.5) is 5.69 Å². The van der Waals surface area contributed by atoms with Crippen molar-refractivity contribution in [1.82, 2.24) is 0 Å². The molecule has 4 unspecified atom stereocenters. The fraction of sp³-hybridized carbons (Fsp3) is 0.304. The minimum absolute atomic E-state index is 0.171. The molecule has 1 N–H and O–H groups in total. The highest BCUT2D eigenvalue weighted by molar-refractivity contribution is 5.89. The van der Waals surface area contributed by atoms with Gasteiger partial charge < -0.3 is 9.47 Å². The number of rotatable bonds is 4. The van der Waals surface area contributed by atoms with E-state index in [4.69, 9.17) is 14.9 Å². The summed E-state index contributed by atoms with van der Waals surface area (Å²) in [5.74, 6) is -2.89. The fourth-order valence-electron chi connectivity index (χ4n) is 4.97. The number of non-ortho nitro benzene ring substituents is 1. The quantitative estimate of drug-likeness (QED) is 0.568. The van der Waals surface area contributed by atoms with Crippen LogP contribution in [-0.2, 0) is 15.3 Å². The summed E-state index contributed by atoms with van der Waals surface area (Å²) in [7, 11) is 0. The normalized spacial score (nSPS) is 29.8. The first-order chi connectivity index (χ1) is 15.4. The highest BCUT2D eigenvalue weighted by atomic mass is 16.7. The largest absolute Gasteiger partial charge is 0.443 e. The monoisotopic (exact) mass is 427 g/mol. The minimum atomic E-state index is -2.12. The molecule has 9 heteroatoms. The van der Waals surface area contributed by atoms with Gasteiger partial charge in [0.1, 0.15) is 6.10 Å². The number of nitro groups is 1. The lowest BCUT2D eigenvalue weighted by Crippen LogP contribution is -2.58. The lowest BCUT2D eigenvalue weighted by Gasteiger charge is -2.49. The number of nitrogens with zero attached hydrogens (tertiary/aromatic N) is 4. The molecule has 9 nitrogen and oxygen atoms in total. The molecule has 32 heavy (non-hydrogen) atoms. The van der Waals surface area contributed by atoms with Crippen molar-refractivity contribution in [3.05, 3.63) is 75.8 Å². The maximum atomic E-state index is 11.1. The van der Waals surface area contributed by atoms with E-state index in [9.17, 15) is 25.9 Å². The Labute approximate surface area is 183 Å². The summed E-state index contributed by atoms with van der Waals surface area (Å²) < 4.78 is 12.4. The maximum Gasteiger partial charge on any atom is 0.269 e. The summed E-state index contributed by atoms with van der Waals surface area (Å²) >= 11 is 0. The number of benzene rings is 2. The van der Waals surface area contributed by atoms with Gasteiger partial charge in [-0.3, -0.25) is 15.5 Å². The van der Waals surface area contributed by atoms with Crippen LogP contribution in [0, 0.1) is 66.3 Å². The van der Waals surface area contributed by atoms with Crippen molar-refractivity contribution < 1.29 is 14.4 Å². The second-order valence-electron chi connectivity index (χ2n) is 7.72. The molecule has 4 rings (SSSR count). The Balaban J connectivity index is 2.03. The Morgan fingerprint density at radius 2 is 1.69 bits per heavy atom. The number of nitriles is 3. The Bertz CT molecular complexity index is 1210. The number of nitrogens with one attached hydrogen (secondary N) is 1. The van der Waals surface area contributed by atoms with E-state index in [2.05, 4.69) is 6.07 Å². The molecule has 158 valence electrons. The van der Waals surface area contributed by atoms with E-state index in [1.54, 1.807) is 37.3 Å². The molecule has 2 aliphatic rings. The third-order valence-electron chi connectivity index (χ3n) is 6.42. The average Bonchev–Trinajstić information content (AvgIpc) is 3.03. The molecule has 2 aromatic rings. The number of fused-ring (bicyclic) bond motifs is 2. The second-order valence-corrected chi connectivity index (χ2v) is 7.72. The lowest BCUT2D eigenvalue weighted by molar-refractivity contribution is -0.384. The van der Waals surface area contributed by atoms with Crippen LogP contribution in [0.15, 0.2) is 54.6 Å². The highest BCUT2D eigenvalue weighted by Gasteiger charge is 2.80. The molecule has 0 aromatic heterocycles. The summed E-state index contributed by atoms with van der Waals surface area (Å²) in [6, 6.07) is 20.1. The predicted molar refractivity (Wildman–Crippen MR) is 109 cm³/mol. The zero-order valence-corrected chi connectivity index (χ0v) is 17.0. The van der Waals surface area contributed by atoms with E-state index in [-0.39, 0.29) is 5.69 Å². The molecule has 0 saturated carbocycles. The molecule has 0 radical (unpaired) electrons. The summed E-state index contributed by atoms with van der Waals surface area (Å²) in [6.45, 7) is 1.78. The highest BCUT2D eigenvalue weighted by Crippen LogP contribution is 2.69. The molecule has 0 spiro atoms. The van der Waals surface area contributed by atoms with Crippen LogP contribution in [0.5, 0.6) is 0 Å². The molecule has 0 aliphatic carbocycles. The molecular weight excluding hydrogens is 410 g/mol. The van der Waals surface area contributed by atoms with Crippen LogP contribution in [-0.4, -0.2) is 10.8 Å². The van der Waals surface area contributed by atoms with Gasteiger partial charge in [0.15, 0.2) is 5.41 Å². The summed E-state index contributed by atoms with van der Waals surface area (Å²) in [5, 5.41) is 50.6. The Hall–Kier alpha value is -4.26. The number of nitro benzene ring substituents is 1. The van der Waals surface area contributed by atoms with E-state index in [0.717, 1.165) is 0 Å². The molecule has 4 atom stereocenters. The zero-order chi connectivity index (χ0) is 23.1. The molecule has 2 saturated heterocycles. The SMILES string of the molecule is CCC1C2(c3ccccc3)OC(=N)C1(C#N)C(C#N)(C#N)C(c1ccc([N+](=O)[O-])cc1)O2. The van der Waals surface area contributed by atoms with Crippen molar-refractivity contribution in [3.8, 4) is 18.2 Å². The smallest absolute Gasteiger partial charge is 0.269 e. The molecular formula is C23H17N5O4. The van der Waals surface area contributed by atoms with Crippen molar-refractivity contribution in [2.24, 2.45) is 16.7 Å². The molecule has 2 bridgehead atoms. The van der Waals surface area contributed by atoms with Crippen molar-refractivity contribution in [1.29, 1.82) is 21.2 Å². The topological polar surface area (TPSA) is 157 Å². The third-order valence-corrected chi connectivity index (χ3v) is 6.42. The van der Waals surface area contributed by atoms with Crippen molar-refractivity contribution in [3.63, 3.8) is 0 Å². The summed E-state index contributed by atoms with van der Waals surface area (Å²) in [4.78, 5) is 10.5. The first-order valence-electron chi connectivity index (χ1n) is 9.86. The molecule has 2 heterocycles. The molecule has 2 fully saturated rings. The Kier molecular flexibility index (Phi) is 4.70. The Morgan fingerprint density at radius 1 is 1.06 bits per heavy atom. The van der Waals surface area contributed by atoms with E-state index >= 15 is 0 Å². The lowest BCUT2D eigenvalue weighted by atomic mass is 9.52. The van der Waals surface area contributed by atoms with Gasteiger partial charge in [0, 0.05) is 17.7 Å². The van der Waals surface area contributed by atoms with Gasteiger partial charge >= 0.3 is 0 Å². The molecule has 0 amide bonds. The van der Waals surface area contributed by atoms with Gasteiger partial charge in [-0.1, -0.05) is 37.3 Å². The van der Waals surface area contributed by atoms with Crippen LogP contribution in [0.25, 0.3) is 0 Å². The average molecular weight is 427 g/mol. The van der Waals surface area contributed by atoms with E-state index in [1.165, 1.54) is 24.3 Å². The molecule has 2 aliphatic heterocycles. The van der Waals surface area contributed by atoms with E-state index in [0.29, 0.717) is 17.5 Å². The van der Waals surface area contributed by atoms with Gasteiger partial charge in [0.25, 0.3) is 5.69 Å². The summed E-state index contributed by atoms with van der Waals surface area (Å²) in [6.07, 6.45) is -1.01. The van der Waals surface area contributed by atoms with Crippen molar-refractivity contribution in [2.45, 2.75) is 25.2 Å². The van der Waals surface area contributed by atoms with Crippen LogP contribution in [0.3, 0.4) is 0 Å². The van der Waals surface area contributed by atoms with Crippen LogP contribution in [0.2, 0.25) is 0 Å². The third kappa shape index (κ3) is 2.36. The van der Waals surface area contributed by atoms with Gasteiger partial charge in [0.05, 0.1) is 29.0 Å². The predicted octanol–water partition coefficient (Wildman–Crippen LogP) is 4.10. The van der Waals surface area contributed by atoms with Crippen LogP contribution >= 0.6 is 0 Å². The van der Waals surface area contributed by atoms with Gasteiger partial charge in [-0.15, -0.1) is 0 Å². The Morgan fingerprint density at radius 3 is 2.19 bits per heavy atom. The number of hydrogen-bond acceptors (Lipinski definition) is 8. The van der Waals surface area contributed by atoms with E-state index in [1.807, 2.05) is 12.1 Å².